The molecule has 0 bridgehead atoms. The number of nitrogens with one attached hydrogen (secondary N) is 1. The molecule has 1 atom stereocenters. The van der Waals surface area contributed by atoms with E-state index in [1.807, 2.05) is 41.5 Å². The summed E-state index contributed by atoms with van der Waals surface area (Å²) in [7, 11) is -4.10. The lowest BCUT2D eigenvalue weighted by atomic mass is 9.94. The first-order chi connectivity index (χ1) is 5.84. The van der Waals surface area contributed by atoms with E-state index in [0.29, 0.717) is 0 Å². The summed E-state index contributed by atoms with van der Waals surface area (Å²) in [5.41, 5.74) is -0.772. The molecule has 0 aromatic rings. The standard InChI is InChI=1S/C9H22NO3P/c1-8(2,3)7(14(11,12)13)10-9(4,5)6/h7,10H,1-6H3,(H2,11,12,13). The van der Waals surface area contributed by atoms with Crippen LogP contribution in [0.3, 0.4) is 0 Å². The summed E-state index contributed by atoms with van der Waals surface area (Å²) in [6, 6.07) is 0. The molecule has 1 unspecified atom stereocenters. The largest absolute Gasteiger partial charge is 0.342 e. The van der Waals surface area contributed by atoms with Gasteiger partial charge in [-0.25, -0.2) is 0 Å². The molecule has 4 nitrogen and oxygen atoms in total. The maximum absolute atomic E-state index is 11.3. The minimum atomic E-state index is -4.10. The Kier molecular flexibility index (Phi) is 3.96. The first-order valence-corrected chi connectivity index (χ1v) is 6.35. The highest BCUT2D eigenvalue weighted by molar-refractivity contribution is 7.52. The van der Waals surface area contributed by atoms with E-state index in [1.165, 1.54) is 0 Å². The van der Waals surface area contributed by atoms with Gasteiger partial charge in [0.15, 0.2) is 0 Å². The Bertz CT molecular complexity index is 233. The Labute approximate surface area is 86.3 Å². The van der Waals surface area contributed by atoms with Gasteiger partial charge in [-0.3, -0.25) is 9.88 Å². The van der Waals surface area contributed by atoms with Crippen molar-refractivity contribution in [2.45, 2.75) is 52.9 Å². The van der Waals surface area contributed by atoms with Gasteiger partial charge in [-0.1, -0.05) is 20.8 Å². The van der Waals surface area contributed by atoms with Gasteiger partial charge >= 0.3 is 7.60 Å². The first-order valence-electron chi connectivity index (χ1n) is 4.67. The fourth-order valence-corrected chi connectivity index (χ4v) is 2.78. The SMILES string of the molecule is CC(C)(C)NC(C(C)(C)C)P(=O)(O)O. The van der Waals surface area contributed by atoms with Crippen molar-refractivity contribution in [2.75, 3.05) is 0 Å². The van der Waals surface area contributed by atoms with E-state index in [0.717, 1.165) is 0 Å². The number of hydrogen-bond donors (Lipinski definition) is 3. The average molecular weight is 223 g/mol. The second kappa shape index (κ2) is 3.93. The zero-order valence-electron chi connectivity index (χ0n) is 9.83. The molecule has 0 rings (SSSR count). The van der Waals surface area contributed by atoms with Gasteiger partial charge in [0, 0.05) is 5.54 Å². The monoisotopic (exact) mass is 223 g/mol. The van der Waals surface area contributed by atoms with E-state index < -0.39 is 18.8 Å². The normalized spacial score (nSPS) is 16.9. The summed E-state index contributed by atoms with van der Waals surface area (Å²) in [5, 5.41) is 2.97. The van der Waals surface area contributed by atoms with Crippen LogP contribution in [-0.4, -0.2) is 21.1 Å². The van der Waals surface area contributed by atoms with Crippen LogP contribution in [0.2, 0.25) is 0 Å². The van der Waals surface area contributed by atoms with Gasteiger partial charge in [-0.2, -0.15) is 0 Å². The van der Waals surface area contributed by atoms with Crippen LogP contribution >= 0.6 is 7.60 Å². The molecule has 0 aromatic carbocycles. The third kappa shape index (κ3) is 5.11. The highest BCUT2D eigenvalue weighted by Crippen LogP contribution is 2.48. The zero-order chi connectivity index (χ0) is 11.8. The molecule has 0 saturated heterocycles. The molecule has 0 heterocycles. The van der Waals surface area contributed by atoms with Crippen molar-refractivity contribution in [3.63, 3.8) is 0 Å². The second-order valence-electron chi connectivity index (χ2n) is 5.75. The lowest BCUT2D eigenvalue weighted by Gasteiger charge is -2.37. The van der Waals surface area contributed by atoms with E-state index in [1.54, 1.807) is 0 Å². The van der Waals surface area contributed by atoms with Crippen LogP contribution in [0.4, 0.5) is 0 Å². The molecule has 0 aliphatic rings. The molecule has 0 fully saturated rings. The predicted molar refractivity (Wildman–Crippen MR) is 58.2 cm³/mol. The average Bonchev–Trinajstić information content (AvgIpc) is 1.75. The molecule has 0 aliphatic carbocycles. The van der Waals surface area contributed by atoms with Gasteiger partial charge in [-0.05, 0) is 26.2 Å². The lowest BCUT2D eigenvalue weighted by molar-refractivity contribution is 0.233. The molecule has 3 N–H and O–H groups in total. The Morgan fingerprint density at radius 1 is 1.07 bits per heavy atom. The molecular formula is C9H22NO3P. The van der Waals surface area contributed by atoms with Gasteiger partial charge in [0.2, 0.25) is 0 Å². The van der Waals surface area contributed by atoms with Gasteiger partial charge in [0.1, 0.15) is 5.78 Å². The zero-order valence-corrected chi connectivity index (χ0v) is 10.7. The predicted octanol–water partition coefficient (Wildman–Crippen LogP) is 1.92. The molecule has 0 radical (unpaired) electrons. The van der Waals surface area contributed by atoms with Gasteiger partial charge in [-0.15, -0.1) is 0 Å². The molecule has 0 aromatic heterocycles. The van der Waals surface area contributed by atoms with E-state index in [9.17, 15) is 14.4 Å². The summed E-state index contributed by atoms with van der Waals surface area (Å²) in [5.74, 6) is -0.810. The Morgan fingerprint density at radius 3 is 1.50 bits per heavy atom. The van der Waals surface area contributed by atoms with E-state index in [4.69, 9.17) is 0 Å². The van der Waals surface area contributed by atoms with Crippen LogP contribution in [0.15, 0.2) is 0 Å². The summed E-state index contributed by atoms with van der Waals surface area (Å²) >= 11 is 0. The minimum Gasteiger partial charge on any atom is -0.323 e. The van der Waals surface area contributed by atoms with Gasteiger partial charge in [0.25, 0.3) is 0 Å². The third-order valence-corrected chi connectivity index (χ3v) is 3.30. The maximum atomic E-state index is 11.3. The molecule has 0 amide bonds. The van der Waals surface area contributed by atoms with Crippen molar-refractivity contribution >= 4 is 7.60 Å². The minimum absolute atomic E-state index is 0.306. The maximum Gasteiger partial charge on any atom is 0.342 e. The third-order valence-electron chi connectivity index (χ3n) is 1.73. The second-order valence-corrected chi connectivity index (χ2v) is 7.45. The van der Waals surface area contributed by atoms with Crippen molar-refractivity contribution in [2.24, 2.45) is 5.41 Å². The van der Waals surface area contributed by atoms with Crippen molar-refractivity contribution in [3.8, 4) is 0 Å². The number of hydrogen-bond acceptors (Lipinski definition) is 2. The van der Waals surface area contributed by atoms with Crippen molar-refractivity contribution in [3.05, 3.63) is 0 Å². The van der Waals surface area contributed by atoms with Gasteiger partial charge in [0.05, 0.1) is 0 Å². The van der Waals surface area contributed by atoms with Crippen LogP contribution < -0.4 is 5.32 Å². The highest BCUT2D eigenvalue weighted by atomic mass is 31.2. The smallest absolute Gasteiger partial charge is 0.323 e. The summed E-state index contributed by atoms with van der Waals surface area (Å²) < 4.78 is 11.3. The Morgan fingerprint density at radius 2 is 1.43 bits per heavy atom. The summed E-state index contributed by atoms with van der Waals surface area (Å²) in [6.07, 6.45) is 0. The molecular weight excluding hydrogens is 201 g/mol. The van der Waals surface area contributed by atoms with Crippen molar-refractivity contribution < 1.29 is 14.4 Å². The molecule has 0 spiro atoms. The number of rotatable bonds is 2. The van der Waals surface area contributed by atoms with Crippen molar-refractivity contribution in [1.29, 1.82) is 0 Å². The first kappa shape index (κ1) is 14.1. The van der Waals surface area contributed by atoms with Crippen LogP contribution in [0.1, 0.15) is 41.5 Å². The molecule has 5 heteroatoms. The molecule has 0 aliphatic heterocycles. The fourth-order valence-electron chi connectivity index (χ4n) is 1.22. The molecule has 14 heavy (non-hydrogen) atoms. The van der Waals surface area contributed by atoms with E-state index >= 15 is 0 Å². The van der Waals surface area contributed by atoms with Crippen LogP contribution in [0.5, 0.6) is 0 Å². The van der Waals surface area contributed by atoms with E-state index in [2.05, 4.69) is 5.32 Å². The summed E-state index contributed by atoms with van der Waals surface area (Å²) in [4.78, 5) is 18.4. The molecule has 0 saturated carbocycles. The van der Waals surface area contributed by atoms with Crippen LogP contribution in [-0.2, 0) is 4.57 Å². The van der Waals surface area contributed by atoms with Crippen molar-refractivity contribution in [1.82, 2.24) is 5.32 Å². The quantitative estimate of drug-likeness (QED) is 0.625. The van der Waals surface area contributed by atoms with E-state index in [-0.39, 0.29) is 5.54 Å². The van der Waals surface area contributed by atoms with Crippen LogP contribution in [0, 0.1) is 5.41 Å². The highest BCUT2D eigenvalue weighted by Gasteiger charge is 2.40. The van der Waals surface area contributed by atoms with Gasteiger partial charge < -0.3 is 9.79 Å². The topological polar surface area (TPSA) is 69.6 Å². The van der Waals surface area contributed by atoms with Crippen LogP contribution in [0.25, 0.3) is 0 Å². The lowest BCUT2D eigenvalue weighted by Crippen LogP contribution is -2.49. The summed E-state index contributed by atoms with van der Waals surface area (Å²) in [6.45, 7) is 11.1. The molecule has 86 valence electrons. The Balaban J connectivity index is 4.88. The fraction of sp³-hybridized carbons (Fsp3) is 1.00. The Hall–Kier alpha value is 0.110.